The second-order valence-corrected chi connectivity index (χ2v) is 8.92. The van der Waals surface area contributed by atoms with Gasteiger partial charge in [-0.15, -0.1) is 0 Å². The van der Waals surface area contributed by atoms with Crippen molar-refractivity contribution >= 4 is 17.7 Å². The van der Waals surface area contributed by atoms with Crippen LogP contribution in [0.3, 0.4) is 0 Å². The minimum atomic E-state index is -0.636. The van der Waals surface area contributed by atoms with Crippen LogP contribution in [0.25, 0.3) is 0 Å². The van der Waals surface area contributed by atoms with Crippen molar-refractivity contribution in [1.82, 2.24) is 15.5 Å². The summed E-state index contributed by atoms with van der Waals surface area (Å²) in [6.45, 7) is 9.98. The monoisotopic (exact) mass is 441 g/mol. The van der Waals surface area contributed by atoms with Gasteiger partial charge < -0.3 is 10.6 Å². The van der Waals surface area contributed by atoms with Crippen LogP contribution in [0, 0.1) is 11.3 Å². The number of halogens is 1. The summed E-state index contributed by atoms with van der Waals surface area (Å²) in [7, 11) is 1.83. The molecule has 0 aromatic carbocycles. The number of fused-ring (bicyclic) bond motifs is 1. The highest BCUT2D eigenvalue weighted by atomic mass is 19.1. The van der Waals surface area contributed by atoms with Gasteiger partial charge in [-0.1, -0.05) is 45.1 Å². The number of allylic oxidation sites excluding steroid dienone is 6. The van der Waals surface area contributed by atoms with E-state index >= 15 is 0 Å². The van der Waals surface area contributed by atoms with Crippen molar-refractivity contribution in [2.45, 2.75) is 59.5 Å². The molecule has 1 saturated heterocycles. The van der Waals surface area contributed by atoms with Crippen molar-refractivity contribution in [1.29, 1.82) is 0 Å². The molecule has 0 radical (unpaired) electrons. The van der Waals surface area contributed by atoms with E-state index in [1.165, 1.54) is 6.08 Å². The van der Waals surface area contributed by atoms with Gasteiger partial charge in [0.2, 0.25) is 11.9 Å². The first kappa shape index (κ1) is 23.7. The minimum Gasteiger partial charge on any atom is -0.392 e. The molecule has 0 aromatic heterocycles. The molecule has 7 heteroatoms. The predicted octanol–water partition coefficient (Wildman–Crippen LogP) is 4.62. The van der Waals surface area contributed by atoms with Crippen LogP contribution >= 0.6 is 0 Å². The van der Waals surface area contributed by atoms with E-state index in [4.69, 9.17) is 9.98 Å². The molecule has 3 unspecified atom stereocenters. The molecule has 32 heavy (non-hydrogen) atoms. The molecule has 0 spiro atoms. The second-order valence-electron chi connectivity index (χ2n) is 8.92. The van der Waals surface area contributed by atoms with E-state index in [9.17, 15) is 9.18 Å². The molecule has 3 atom stereocenters. The Balaban J connectivity index is 0.00000385. The van der Waals surface area contributed by atoms with Crippen molar-refractivity contribution in [3.63, 3.8) is 0 Å². The highest BCUT2D eigenvalue weighted by Crippen LogP contribution is 2.44. The minimum absolute atomic E-state index is 0. The summed E-state index contributed by atoms with van der Waals surface area (Å²) in [6, 6.07) is -0.397. The van der Waals surface area contributed by atoms with Crippen molar-refractivity contribution < 1.29 is 10.6 Å². The Labute approximate surface area is 191 Å². The van der Waals surface area contributed by atoms with E-state index in [0.29, 0.717) is 11.8 Å². The summed E-state index contributed by atoms with van der Waals surface area (Å²) in [5.41, 5.74) is 1.07. The SMILES string of the molecule is CC/C=C\C(=C/NC)NC1=NC(C)C2C(=N1)N(C(C)C1=CC=C(F)CC=C1)C(=O)C2(C)C.[HH]. The van der Waals surface area contributed by atoms with Crippen LogP contribution in [0.4, 0.5) is 4.39 Å². The van der Waals surface area contributed by atoms with E-state index in [0.717, 1.165) is 17.7 Å². The molecule has 0 bridgehead atoms. The topological polar surface area (TPSA) is 69.1 Å². The predicted molar refractivity (Wildman–Crippen MR) is 131 cm³/mol. The van der Waals surface area contributed by atoms with Crippen LogP contribution in [0.15, 0.2) is 69.7 Å². The van der Waals surface area contributed by atoms with Gasteiger partial charge in [-0.25, -0.2) is 9.38 Å². The molecular weight excluding hydrogens is 405 g/mol. The fourth-order valence-corrected chi connectivity index (χ4v) is 4.50. The number of likely N-dealkylation sites (tertiary alicyclic amines) is 1. The normalized spacial score (nSPS) is 26.2. The lowest BCUT2D eigenvalue weighted by Gasteiger charge is -2.31. The maximum Gasteiger partial charge on any atom is 0.234 e. The summed E-state index contributed by atoms with van der Waals surface area (Å²) < 4.78 is 13.7. The van der Waals surface area contributed by atoms with Crippen LogP contribution in [-0.4, -0.2) is 41.7 Å². The van der Waals surface area contributed by atoms with Crippen LogP contribution in [0.2, 0.25) is 0 Å². The number of hydrogen-bond donors (Lipinski definition) is 2. The molecule has 1 amide bonds. The number of hydrogen-bond acceptors (Lipinski definition) is 5. The van der Waals surface area contributed by atoms with E-state index in [1.807, 2.05) is 59.2 Å². The van der Waals surface area contributed by atoms with Crippen molar-refractivity contribution in [2.75, 3.05) is 7.05 Å². The Morgan fingerprint density at radius 1 is 1.44 bits per heavy atom. The molecule has 2 heterocycles. The zero-order valence-corrected chi connectivity index (χ0v) is 19.8. The number of carbonyl (C=O) groups is 1. The molecular formula is C25H36FN5O. The molecule has 2 N–H and O–H groups in total. The number of amides is 1. The van der Waals surface area contributed by atoms with Crippen LogP contribution in [-0.2, 0) is 4.79 Å². The average Bonchev–Trinajstić information content (AvgIpc) is 2.86. The van der Waals surface area contributed by atoms with E-state index in [2.05, 4.69) is 17.6 Å². The van der Waals surface area contributed by atoms with Gasteiger partial charge in [-0.05, 0) is 38.0 Å². The summed E-state index contributed by atoms with van der Waals surface area (Å²) >= 11 is 0. The van der Waals surface area contributed by atoms with Crippen LogP contribution in [0.5, 0.6) is 0 Å². The standard InChI is InChI=1S/C25H34FN5O.H2/c1-7-8-12-20(15-27-6)29-24-28-16(2)21-22(30-24)31(23(32)25(21,4)5)17(3)18-10-9-11-19(26)14-13-18;/h8-10,12-17,21,27H,7,11H2,1-6H3,(H,28,29);1H/b12-8-,20-15+;. The highest BCUT2D eigenvalue weighted by molar-refractivity contribution is 6.14. The fraction of sp³-hybridized carbons (Fsp3) is 0.480. The molecule has 1 aliphatic carbocycles. The van der Waals surface area contributed by atoms with Gasteiger partial charge in [0.25, 0.3) is 0 Å². The van der Waals surface area contributed by atoms with Crippen LogP contribution in [0.1, 0.15) is 48.9 Å². The van der Waals surface area contributed by atoms with Gasteiger partial charge in [0.1, 0.15) is 11.7 Å². The first-order chi connectivity index (χ1) is 15.2. The number of rotatable bonds is 6. The Morgan fingerprint density at radius 3 is 2.88 bits per heavy atom. The number of nitrogens with one attached hydrogen (secondary N) is 2. The first-order valence-electron chi connectivity index (χ1n) is 11.2. The second kappa shape index (κ2) is 9.67. The molecule has 2 aliphatic heterocycles. The Bertz CT molecular complexity index is 973. The number of amidine groups is 1. The number of aliphatic imine (C=N–C) groups is 2. The first-order valence-corrected chi connectivity index (χ1v) is 11.2. The van der Waals surface area contributed by atoms with E-state index < -0.39 is 5.41 Å². The third-order valence-corrected chi connectivity index (χ3v) is 6.14. The number of nitrogens with zero attached hydrogens (tertiary/aromatic N) is 3. The summed E-state index contributed by atoms with van der Waals surface area (Å²) in [6.07, 6.45) is 14.0. The van der Waals surface area contributed by atoms with Gasteiger partial charge in [0.15, 0.2) is 0 Å². The number of carbonyl (C=O) groups excluding carboxylic acids is 1. The molecule has 3 aliphatic rings. The quantitative estimate of drug-likeness (QED) is 0.591. The third-order valence-electron chi connectivity index (χ3n) is 6.14. The lowest BCUT2D eigenvalue weighted by atomic mass is 9.77. The highest BCUT2D eigenvalue weighted by Gasteiger charge is 2.56. The van der Waals surface area contributed by atoms with Gasteiger partial charge in [0.05, 0.1) is 29.1 Å². The lowest BCUT2D eigenvalue weighted by Crippen LogP contribution is -2.43. The average molecular weight is 442 g/mol. The zero-order chi connectivity index (χ0) is 23.5. The van der Waals surface area contributed by atoms with Crippen molar-refractivity contribution in [3.8, 4) is 0 Å². The smallest absolute Gasteiger partial charge is 0.234 e. The summed E-state index contributed by atoms with van der Waals surface area (Å²) in [5, 5.41) is 6.31. The lowest BCUT2D eigenvalue weighted by molar-refractivity contribution is -0.135. The Kier molecular flexibility index (Phi) is 7.16. The number of guanidine groups is 1. The van der Waals surface area contributed by atoms with Gasteiger partial charge in [-0.2, -0.15) is 4.99 Å². The Hall–Kier alpha value is -2.96. The molecule has 174 valence electrons. The molecule has 6 nitrogen and oxygen atoms in total. The molecule has 1 fully saturated rings. The van der Waals surface area contributed by atoms with Crippen molar-refractivity contribution in [2.24, 2.45) is 21.3 Å². The maximum absolute atomic E-state index is 13.7. The van der Waals surface area contributed by atoms with Crippen LogP contribution < -0.4 is 10.6 Å². The summed E-state index contributed by atoms with van der Waals surface area (Å²) in [5.74, 6) is 0.875. The Morgan fingerprint density at radius 2 is 2.19 bits per heavy atom. The maximum atomic E-state index is 13.7. The van der Waals surface area contributed by atoms with Gasteiger partial charge >= 0.3 is 0 Å². The van der Waals surface area contributed by atoms with Gasteiger partial charge in [0, 0.05) is 21.1 Å². The molecule has 3 rings (SSSR count). The van der Waals surface area contributed by atoms with Gasteiger partial charge in [-0.3, -0.25) is 9.69 Å². The largest absolute Gasteiger partial charge is 0.392 e. The van der Waals surface area contributed by atoms with Crippen molar-refractivity contribution in [3.05, 3.63) is 59.8 Å². The fourth-order valence-electron chi connectivity index (χ4n) is 4.50. The molecule has 0 aromatic rings. The molecule has 0 saturated carbocycles. The summed E-state index contributed by atoms with van der Waals surface area (Å²) in [4.78, 5) is 24.9. The van der Waals surface area contributed by atoms with E-state index in [-0.39, 0.29) is 37.6 Å². The zero-order valence-electron chi connectivity index (χ0n) is 19.8. The third kappa shape index (κ3) is 4.61. The van der Waals surface area contributed by atoms with E-state index in [1.54, 1.807) is 17.1 Å².